The molecule has 18 heavy (non-hydrogen) atoms. The smallest absolute Gasteiger partial charge is 0.137 e. The highest BCUT2D eigenvalue weighted by Crippen LogP contribution is 2.32. The van der Waals surface area contributed by atoms with Crippen molar-refractivity contribution < 1.29 is 9.47 Å². The molecule has 3 nitrogen and oxygen atoms in total. The molecule has 1 aliphatic rings. The third-order valence-corrected chi connectivity index (χ3v) is 4.05. The van der Waals surface area contributed by atoms with Crippen LogP contribution in [0.4, 0.5) is 0 Å². The topological polar surface area (TPSA) is 30.5 Å². The molecular weight excluding hydrogens is 362 g/mol. The first-order valence-corrected chi connectivity index (χ1v) is 7.63. The lowest BCUT2D eigenvalue weighted by Crippen LogP contribution is -2.26. The van der Waals surface area contributed by atoms with Crippen LogP contribution in [0.2, 0.25) is 0 Å². The quantitative estimate of drug-likeness (QED) is 0.850. The molecule has 1 fully saturated rings. The normalized spacial score (nSPS) is 19.2. The van der Waals surface area contributed by atoms with E-state index >= 15 is 0 Å². The fourth-order valence-corrected chi connectivity index (χ4v) is 3.62. The molecule has 0 aliphatic carbocycles. The van der Waals surface area contributed by atoms with E-state index in [1.807, 2.05) is 6.07 Å². The highest BCUT2D eigenvalue weighted by Gasteiger charge is 2.15. The zero-order valence-corrected chi connectivity index (χ0v) is 13.5. The maximum atomic E-state index is 5.58. The molecule has 0 bridgehead atoms. The fourth-order valence-electron chi connectivity index (χ4n) is 2.15. The molecular formula is C13H17Br2NO2. The van der Waals surface area contributed by atoms with E-state index in [-0.39, 0.29) is 0 Å². The predicted octanol–water partition coefficient (Wildman–Crippen LogP) is 3.49. The summed E-state index contributed by atoms with van der Waals surface area (Å²) < 4.78 is 13.0. The van der Waals surface area contributed by atoms with Crippen LogP contribution in [0.15, 0.2) is 21.1 Å². The molecule has 1 N–H and O–H groups in total. The average Bonchev–Trinajstić information content (AvgIpc) is 2.81. The second-order valence-electron chi connectivity index (χ2n) is 4.35. The Morgan fingerprint density at radius 1 is 1.44 bits per heavy atom. The monoisotopic (exact) mass is 377 g/mol. The molecule has 0 radical (unpaired) electrons. The number of nitrogens with one attached hydrogen (secondary N) is 1. The second kappa shape index (κ2) is 6.89. The molecule has 0 saturated carbocycles. The van der Waals surface area contributed by atoms with Crippen LogP contribution in [-0.2, 0) is 11.3 Å². The van der Waals surface area contributed by atoms with Gasteiger partial charge < -0.3 is 14.8 Å². The molecule has 100 valence electrons. The van der Waals surface area contributed by atoms with E-state index in [0.29, 0.717) is 6.10 Å². The Hall–Kier alpha value is -0.100. The summed E-state index contributed by atoms with van der Waals surface area (Å²) in [6.07, 6.45) is 2.70. The van der Waals surface area contributed by atoms with E-state index in [9.17, 15) is 0 Å². The van der Waals surface area contributed by atoms with Gasteiger partial charge in [-0.25, -0.2) is 0 Å². The molecule has 1 saturated heterocycles. The van der Waals surface area contributed by atoms with Crippen molar-refractivity contribution in [2.45, 2.75) is 25.5 Å². The summed E-state index contributed by atoms with van der Waals surface area (Å²) >= 11 is 7.01. The van der Waals surface area contributed by atoms with E-state index in [1.54, 1.807) is 7.11 Å². The van der Waals surface area contributed by atoms with Crippen LogP contribution in [0.5, 0.6) is 5.75 Å². The molecule has 0 spiro atoms. The zero-order valence-electron chi connectivity index (χ0n) is 10.3. The first-order chi connectivity index (χ1) is 8.70. The molecule has 2 rings (SSSR count). The van der Waals surface area contributed by atoms with Gasteiger partial charge in [0, 0.05) is 29.7 Å². The summed E-state index contributed by atoms with van der Waals surface area (Å²) in [4.78, 5) is 0. The SMILES string of the molecule is COc1c(Br)cc(Br)cc1CNC[C@@H]1CCCO1. The molecule has 1 atom stereocenters. The lowest BCUT2D eigenvalue weighted by atomic mass is 10.2. The van der Waals surface area contributed by atoms with Crippen LogP contribution in [0.3, 0.4) is 0 Å². The van der Waals surface area contributed by atoms with Crippen molar-refractivity contribution >= 4 is 31.9 Å². The summed E-state index contributed by atoms with van der Waals surface area (Å²) in [6, 6.07) is 4.06. The van der Waals surface area contributed by atoms with Crippen molar-refractivity contribution in [1.29, 1.82) is 0 Å². The summed E-state index contributed by atoms with van der Waals surface area (Å²) in [6.45, 7) is 2.58. The van der Waals surface area contributed by atoms with Gasteiger partial charge in [0.15, 0.2) is 0 Å². The number of hydrogen-bond acceptors (Lipinski definition) is 3. The van der Waals surface area contributed by atoms with Crippen LogP contribution < -0.4 is 10.1 Å². The minimum absolute atomic E-state index is 0.367. The molecule has 1 heterocycles. The maximum absolute atomic E-state index is 5.58. The lowest BCUT2D eigenvalue weighted by Gasteiger charge is -2.14. The first-order valence-electron chi connectivity index (χ1n) is 6.05. The Balaban J connectivity index is 1.95. The molecule has 1 aromatic carbocycles. The van der Waals surface area contributed by atoms with Gasteiger partial charge in [-0.05, 0) is 40.9 Å². The number of benzene rings is 1. The molecule has 0 aromatic heterocycles. The van der Waals surface area contributed by atoms with Gasteiger partial charge in [0.2, 0.25) is 0 Å². The molecule has 1 aromatic rings. The number of methoxy groups -OCH3 is 1. The Morgan fingerprint density at radius 3 is 2.94 bits per heavy atom. The van der Waals surface area contributed by atoms with Gasteiger partial charge in [-0.1, -0.05) is 15.9 Å². The molecule has 0 unspecified atom stereocenters. The van der Waals surface area contributed by atoms with Gasteiger partial charge >= 0.3 is 0 Å². The van der Waals surface area contributed by atoms with Crippen molar-refractivity contribution in [1.82, 2.24) is 5.32 Å². The summed E-state index contributed by atoms with van der Waals surface area (Å²) in [5.74, 6) is 0.887. The summed E-state index contributed by atoms with van der Waals surface area (Å²) in [5, 5.41) is 3.43. The highest BCUT2D eigenvalue weighted by molar-refractivity contribution is 9.11. The van der Waals surface area contributed by atoms with E-state index in [1.165, 1.54) is 6.42 Å². The van der Waals surface area contributed by atoms with Crippen LogP contribution in [0.25, 0.3) is 0 Å². The minimum Gasteiger partial charge on any atom is -0.495 e. The summed E-state index contributed by atoms with van der Waals surface area (Å²) in [5.41, 5.74) is 1.14. The van der Waals surface area contributed by atoms with Crippen molar-refractivity contribution in [2.24, 2.45) is 0 Å². The van der Waals surface area contributed by atoms with Crippen molar-refractivity contribution in [2.75, 3.05) is 20.3 Å². The van der Waals surface area contributed by atoms with Gasteiger partial charge in [0.05, 0.1) is 17.7 Å². The Morgan fingerprint density at radius 2 is 2.28 bits per heavy atom. The Kier molecular flexibility index (Phi) is 5.48. The van der Waals surface area contributed by atoms with Crippen molar-refractivity contribution in [3.05, 3.63) is 26.6 Å². The predicted molar refractivity (Wildman–Crippen MR) is 79.1 cm³/mol. The highest BCUT2D eigenvalue weighted by atomic mass is 79.9. The number of halogens is 2. The van der Waals surface area contributed by atoms with E-state index in [0.717, 1.165) is 46.4 Å². The van der Waals surface area contributed by atoms with Gasteiger partial charge in [-0.2, -0.15) is 0 Å². The van der Waals surface area contributed by atoms with Gasteiger partial charge in [0.1, 0.15) is 5.75 Å². The van der Waals surface area contributed by atoms with E-state index < -0.39 is 0 Å². The van der Waals surface area contributed by atoms with Gasteiger partial charge in [-0.3, -0.25) is 0 Å². The lowest BCUT2D eigenvalue weighted by molar-refractivity contribution is 0.110. The van der Waals surface area contributed by atoms with Gasteiger partial charge in [0.25, 0.3) is 0 Å². The third-order valence-electron chi connectivity index (χ3n) is 3.00. The molecule has 1 aliphatic heterocycles. The van der Waals surface area contributed by atoms with E-state index in [2.05, 4.69) is 43.2 Å². The van der Waals surface area contributed by atoms with Crippen molar-refractivity contribution in [3.8, 4) is 5.75 Å². The molecule has 0 amide bonds. The first kappa shape index (κ1) is 14.3. The third kappa shape index (κ3) is 3.70. The zero-order chi connectivity index (χ0) is 13.0. The fraction of sp³-hybridized carbons (Fsp3) is 0.538. The Labute approximate surface area is 124 Å². The van der Waals surface area contributed by atoms with Crippen LogP contribution >= 0.6 is 31.9 Å². The largest absolute Gasteiger partial charge is 0.495 e. The standard InChI is InChI=1S/C13H17Br2NO2/c1-17-13-9(5-10(14)6-12(13)15)7-16-8-11-3-2-4-18-11/h5-6,11,16H,2-4,7-8H2,1H3/t11-/m0/s1. The second-order valence-corrected chi connectivity index (χ2v) is 6.12. The van der Waals surface area contributed by atoms with Gasteiger partial charge in [-0.15, -0.1) is 0 Å². The average molecular weight is 379 g/mol. The van der Waals surface area contributed by atoms with Crippen LogP contribution in [0.1, 0.15) is 18.4 Å². The number of rotatable bonds is 5. The van der Waals surface area contributed by atoms with Crippen LogP contribution in [-0.4, -0.2) is 26.4 Å². The minimum atomic E-state index is 0.367. The number of ether oxygens (including phenoxy) is 2. The number of hydrogen-bond donors (Lipinski definition) is 1. The van der Waals surface area contributed by atoms with Crippen molar-refractivity contribution in [3.63, 3.8) is 0 Å². The maximum Gasteiger partial charge on any atom is 0.137 e. The van der Waals surface area contributed by atoms with E-state index in [4.69, 9.17) is 9.47 Å². The van der Waals surface area contributed by atoms with Crippen LogP contribution in [0, 0.1) is 0 Å². The Bertz CT molecular complexity index is 406. The molecule has 5 heteroatoms. The summed E-state index contributed by atoms with van der Waals surface area (Å²) in [7, 11) is 1.69.